The molecule has 0 radical (unpaired) electrons. The van der Waals surface area contributed by atoms with E-state index in [4.69, 9.17) is 5.11 Å². The van der Waals surface area contributed by atoms with Gasteiger partial charge in [0.2, 0.25) is 0 Å². The number of hydrogen-bond donors (Lipinski definition) is 1. The summed E-state index contributed by atoms with van der Waals surface area (Å²) in [5.74, 6) is -0.632. The van der Waals surface area contributed by atoms with E-state index in [1.165, 1.54) is 23.9 Å². The third-order valence-electron chi connectivity index (χ3n) is 2.52. The van der Waals surface area contributed by atoms with Crippen molar-refractivity contribution in [3.05, 3.63) is 65.2 Å². The predicted molar refractivity (Wildman–Crippen MR) is 68.3 cm³/mol. The molecule has 0 aromatic heterocycles. The molecular weight excluding hydrogens is 254 g/mol. The van der Waals surface area contributed by atoms with Crippen molar-refractivity contribution in [1.82, 2.24) is 0 Å². The molecule has 0 fully saturated rings. The van der Waals surface area contributed by atoms with E-state index < -0.39 is 11.6 Å². The molecule has 0 heterocycles. The maximum atomic E-state index is 13.4. The van der Waals surface area contributed by atoms with E-state index >= 15 is 0 Å². The summed E-state index contributed by atoms with van der Waals surface area (Å²) in [5, 5.41) is 8.91. The topological polar surface area (TPSA) is 20.2 Å². The summed E-state index contributed by atoms with van der Waals surface area (Å²) in [4.78, 5) is 0.982. The molecule has 0 aliphatic carbocycles. The van der Waals surface area contributed by atoms with Gasteiger partial charge in [0.15, 0.2) is 0 Å². The molecule has 4 heteroatoms. The fourth-order valence-electron chi connectivity index (χ4n) is 1.49. The van der Waals surface area contributed by atoms with Gasteiger partial charge in [0.05, 0.1) is 6.61 Å². The molecule has 0 bridgehead atoms. The number of benzene rings is 2. The summed E-state index contributed by atoms with van der Waals surface area (Å²) in [5.41, 5.74) is 1.32. The van der Waals surface area contributed by atoms with E-state index in [2.05, 4.69) is 0 Å². The number of thioether (sulfide) groups is 1. The van der Waals surface area contributed by atoms with E-state index in [1.807, 2.05) is 24.3 Å². The summed E-state index contributed by atoms with van der Waals surface area (Å²) >= 11 is 1.47. The highest BCUT2D eigenvalue weighted by Crippen LogP contribution is 2.24. The molecule has 2 aromatic rings. The van der Waals surface area contributed by atoms with Gasteiger partial charge in [0, 0.05) is 16.7 Å². The van der Waals surface area contributed by atoms with Crippen molar-refractivity contribution in [2.75, 3.05) is 0 Å². The Morgan fingerprint density at radius 2 is 1.72 bits per heavy atom. The molecule has 18 heavy (non-hydrogen) atoms. The Hall–Kier alpha value is -1.39. The van der Waals surface area contributed by atoms with Gasteiger partial charge in [-0.3, -0.25) is 0 Å². The van der Waals surface area contributed by atoms with Crippen LogP contribution in [0.5, 0.6) is 0 Å². The summed E-state index contributed by atoms with van der Waals surface area (Å²) in [7, 11) is 0. The van der Waals surface area contributed by atoms with Crippen LogP contribution in [0.1, 0.15) is 11.1 Å². The van der Waals surface area contributed by atoms with Gasteiger partial charge in [-0.05, 0) is 29.3 Å². The van der Waals surface area contributed by atoms with Crippen LogP contribution in [0.3, 0.4) is 0 Å². The summed E-state index contributed by atoms with van der Waals surface area (Å²) in [6.45, 7) is 0.0114. The Balaban J connectivity index is 2.02. The van der Waals surface area contributed by atoms with E-state index in [0.717, 1.165) is 16.5 Å². The van der Waals surface area contributed by atoms with E-state index in [-0.39, 0.29) is 6.61 Å². The fourth-order valence-corrected chi connectivity index (χ4v) is 2.38. The van der Waals surface area contributed by atoms with Gasteiger partial charge in [-0.15, -0.1) is 11.8 Å². The second-order valence-corrected chi connectivity index (χ2v) is 4.88. The van der Waals surface area contributed by atoms with E-state index in [9.17, 15) is 8.78 Å². The molecule has 0 saturated heterocycles. The molecule has 0 aliphatic rings. The molecule has 94 valence electrons. The highest BCUT2D eigenvalue weighted by molar-refractivity contribution is 7.98. The molecule has 0 aliphatic heterocycles. The zero-order valence-corrected chi connectivity index (χ0v) is 10.4. The van der Waals surface area contributed by atoms with Crippen molar-refractivity contribution < 1.29 is 13.9 Å². The number of halogens is 2. The first-order valence-electron chi connectivity index (χ1n) is 5.45. The minimum atomic E-state index is -0.562. The van der Waals surface area contributed by atoms with Gasteiger partial charge < -0.3 is 5.11 Å². The zero-order chi connectivity index (χ0) is 13.0. The van der Waals surface area contributed by atoms with Crippen molar-refractivity contribution in [2.45, 2.75) is 17.3 Å². The third-order valence-corrected chi connectivity index (χ3v) is 3.58. The van der Waals surface area contributed by atoms with Gasteiger partial charge in [0.1, 0.15) is 11.6 Å². The van der Waals surface area contributed by atoms with Crippen molar-refractivity contribution in [1.29, 1.82) is 0 Å². The highest BCUT2D eigenvalue weighted by Gasteiger charge is 2.04. The Kier molecular flexibility index (Phi) is 4.33. The SMILES string of the molecule is OCc1ccc(SCc2ccc(F)cc2F)cc1. The van der Waals surface area contributed by atoms with Gasteiger partial charge >= 0.3 is 0 Å². The van der Waals surface area contributed by atoms with Gasteiger partial charge in [-0.25, -0.2) is 8.78 Å². The van der Waals surface area contributed by atoms with E-state index in [1.54, 1.807) is 0 Å². The Labute approximate surface area is 108 Å². The Bertz CT molecular complexity index is 526. The van der Waals surface area contributed by atoms with Gasteiger partial charge in [0.25, 0.3) is 0 Å². The largest absolute Gasteiger partial charge is 0.392 e. The highest BCUT2D eigenvalue weighted by atomic mass is 32.2. The summed E-state index contributed by atoms with van der Waals surface area (Å²) in [6.07, 6.45) is 0. The van der Waals surface area contributed by atoms with E-state index in [0.29, 0.717) is 11.3 Å². The first-order valence-corrected chi connectivity index (χ1v) is 6.44. The predicted octanol–water partition coefficient (Wildman–Crippen LogP) is 3.75. The first kappa shape index (κ1) is 13.1. The lowest BCUT2D eigenvalue weighted by molar-refractivity contribution is 0.282. The van der Waals surface area contributed by atoms with Crippen LogP contribution in [0.25, 0.3) is 0 Å². The number of hydrogen-bond acceptors (Lipinski definition) is 2. The van der Waals surface area contributed by atoms with Crippen LogP contribution >= 0.6 is 11.8 Å². The van der Waals surface area contributed by atoms with Crippen LogP contribution in [0.2, 0.25) is 0 Å². The van der Waals surface area contributed by atoms with Crippen LogP contribution in [-0.4, -0.2) is 5.11 Å². The molecule has 0 saturated carbocycles. The maximum absolute atomic E-state index is 13.4. The molecule has 2 rings (SSSR count). The lowest BCUT2D eigenvalue weighted by Crippen LogP contribution is -1.89. The standard InChI is InChI=1S/C14H12F2OS/c15-12-4-3-11(14(16)7-12)9-18-13-5-1-10(8-17)2-6-13/h1-7,17H,8-9H2. The van der Waals surface area contributed by atoms with Crippen LogP contribution in [0.4, 0.5) is 8.78 Å². The number of aliphatic hydroxyl groups excluding tert-OH is 1. The first-order chi connectivity index (χ1) is 8.69. The molecule has 0 amide bonds. The Morgan fingerprint density at radius 1 is 1.00 bits per heavy atom. The van der Waals surface area contributed by atoms with Crippen LogP contribution in [-0.2, 0) is 12.4 Å². The quantitative estimate of drug-likeness (QED) is 0.850. The molecule has 0 spiro atoms. The normalized spacial score (nSPS) is 10.6. The fraction of sp³-hybridized carbons (Fsp3) is 0.143. The molecule has 1 nitrogen and oxygen atoms in total. The molecule has 0 unspecified atom stereocenters. The smallest absolute Gasteiger partial charge is 0.130 e. The van der Waals surface area contributed by atoms with Crippen LogP contribution < -0.4 is 0 Å². The lowest BCUT2D eigenvalue weighted by atomic mass is 10.2. The second kappa shape index (κ2) is 5.98. The van der Waals surface area contributed by atoms with Crippen LogP contribution in [0, 0.1) is 11.6 Å². The summed E-state index contributed by atoms with van der Waals surface area (Å²) < 4.78 is 26.1. The third kappa shape index (κ3) is 3.31. The number of rotatable bonds is 4. The maximum Gasteiger partial charge on any atom is 0.130 e. The summed E-state index contributed by atoms with van der Waals surface area (Å²) in [6, 6.07) is 11.0. The molecule has 0 atom stereocenters. The van der Waals surface area contributed by atoms with Crippen molar-refractivity contribution in [2.24, 2.45) is 0 Å². The molecule has 2 aromatic carbocycles. The Morgan fingerprint density at radius 3 is 2.33 bits per heavy atom. The molecular formula is C14H12F2OS. The minimum absolute atomic E-state index is 0.0114. The number of aliphatic hydroxyl groups is 1. The van der Waals surface area contributed by atoms with Crippen molar-refractivity contribution in [3.63, 3.8) is 0 Å². The average molecular weight is 266 g/mol. The average Bonchev–Trinajstić information content (AvgIpc) is 2.38. The van der Waals surface area contributed by atoms with Crippen molar-refractivity contribution in [3.8, 4) is 0 Å². The van der Waals surface area contributed by atoms with Gasteiger partial charge in [-0.2, -0.15) is 0 Å². The monoisotopic (exact) mass is 266 g/mol. The van der Waals surface area contributed by atoms with Gasteiger partial charge in [-0.1, -0.05) is 18.2 Å². The van der Waals surface area contributed by atoms with Crippen LogP contribution in [0.15, 0.2) is 47.4 Å². The lowest BCUT2D eigenvalue weighted by Gasteiger charge is -2.04. The second-order valence-electron chi connectivity index (χ2n) is 3.83. The minimum Gasteiger partial charge on any atom is -0.392 e. The van der Waals surface area contributed by atoms with Crippen molar-refractivity contribution >= 4 is 11.8 Å². The zero-order valence-electron chi connectivity index (χ0n) is 9.57. The molecule has 1 N–H and O–H groups in total.